The van der Waals surface area contributed by atoms with Crippen molar-refractivity contribution in [1.82, 2.24) is 5.32 Å². The van der Waals surface area contributed by atoms with Crippen molar-refractivity contribution >= 4 is 22.6 Å². The molecule has 0 spiro atoms. The highest BCUT2D eigenvalue weighted by Crippen LogP contribution is 2.10. The number of hydrogen-bond donors (Lipinski definition) is 1. The van der Waals surface area contributed by atoms with Gasteiger partial charge in [-0.2, -0.15) is 0 Å². The molecule has 72 valence electrons. The molecule has 1 rings (SSSR count). The van der Waals surface area contributed by atoms with Gasteiger partial charge in [-0.05, 0) is 36.2 Å². The zero-order chi connectivity index (χ0) is 8.65. The van der Waals surface area contributed by atoms with Crippen LogP contribution in [0.5, 0.6) is 0 Å². The molecule has 0 saturated carbocycles. The van der Waals surface area contributed by atoms with E-state index in [1.165, 1.54) is 30.2 Å². The average Bonchev–Trinajstić information content (AvgIpc) is 2.57. The van der Waals surface area contributed by atoms with Crippen LogP contribution in [0.2, 0.25) is 0 Å². The Labute approximate surface area is 88.6 Å². The summed E-state index contributed by atoms with van der Waals surface area (Å²) in [5.74, 6) is 0.782. The van der Waals surface area contributed by atoms with Gasteiger partial charge in [0, 0.05) is 13.2 Å². The first kappa shape index (κ1) is 10.7. The van der Waals surface area contributed by atoms with Gasteiger partial charge in [-0.15, -0.1) is 0 Å². The Hall–Kier alpha value is 0.650. The second kappa shape index (κ2) is 7.09. The minimum atomic E-state index is 0.782. The standard InChI is InChI=1S/C9H18INO/c10-4-1-2-5-11-7-9-3-6-12-8-9/h9,11H,1-8H2. The van der Waals surface area contributed by atoms with Crippen molar-refractivity contribution in [2.75, 3.05) is 30.7 Å². The molecule has 1 unspecified atom stereocenters. The summed E-state index contributed by atoms with van der Waals surface area (Å²) in [7, 11) is 0. The SMILES string of the molecule is ICCCCNCC1CCOC1. The van der Waals surface area contributed by atoms with Crippen molar-refractivity contribution in [3.63, 3.8) is 0 Å². The maximum atomic E-state index is 5.29. The van der Waals surface area contributed by atoms with E-state index in [9.17, 15) is 0 Å². The molecule has 1 fully saturated rings. The Balaban J connectivity index is 1.81. The molecule has 1 aliphatic rings. The fourth-order valence-corrected chi connectivity index (χ4v) is 1.93. The second-order valence-electron chi connectivity index (χ2n) is 3.33. The van der Waals surface area contributed by atoms with Gasteiger partial charge in [0.15, 0.2) is 0 Å². The van der Waals surface area contributed by atoms with Gasteiger partial charge in [-0.25, -0.2) is 0 Å². The van der Waals surface area contributed by atoms with Crippen LogP contribution >= 0.6 is 22.6 Å². The van der Waals surface area contributed by atoms with Crippen LogP contribution in [-0.4, -0.2) is 30.7 Å². The summed E-state index contributed by atoms with van der Waals surface area (Å²) in [6.07, 6.45) is 3.91. The molecule has 1 aliphatic heterocycles. The number of halogens is 1. The van der Waals surface area contributed by atoms with Crippen molar-refractivity contribution in [1.29, 1.82) is 0 Å². The predicted octanol–water partition coefficient (Wildman–Crippen LogP) is 1.83. The molecule has 0 radical (unpaired) electrons. The normalized spacial score (nSPS) is 23.2. The third kappa shape index (κ3) is 4.62. The van der Waals surface area contributed by atoms with Gasteiger partial charge in [0.05, 0.1) is 6.61 Å². The lowest BCUT2D eigenvalue weighted by atomic mass is 10.1. The maximum Gasteiger partial charge on any atom is 0.0507 e. The highest BCUT2D eigenvalue weighted by molar-refractivity contribution is 14.1. The fourth-order valence-electron chi connectivity index (χ4n) is 1.39. The summed E-state index contributed by atoms with van der Waals surface area (Å²) in [4.78, 5) is 0. The van der Waals surface area contributed by atoms with Crippen molar-refractivity contribution in [3.8, 4) is 0 Å². The molecule has 1 atom stereocenters. The number of hydrogen-bond acceptors (Lipinski definition) is 2. The molecule has 1 heterocycles. The van der Waals surface area contributed by atoms with Crippen molar-refractivity contribution < 1.29 is 4.74 Å². The highest BCUT2D eigenvalue weighted by atomic mass is 127. The van der Waals surface area contributed by atoms with E-state index in [1.54, 1.807) is 0 Å². The number of ether oxygens (including phenoxy) is 1. The maximum absolute atomic E-state index is 5.29. The number of nitrogens with one attached hydrogen (secondary N) is 1. The molecule has 0 aromatic rings. The summed E-state index contributed by atoms with van der Waals surface area (Å²) < 4.78 is 6.58. The first-order valence-electron chi connectivity index (χ1n) is 4.78. The number of rotatable bonds is 6. The summed E-state index contributed by atoms with van der Waals surface area (Å²) in [5.41, 5.74) is 0. The Kier molecular flexibility index (Phi) is 6.34. The summed E-state index contributed by atoms with van der Waals surface area (Å²) in [6.45, 7) is 4.28. The van der Waals surface area contributed by atoms with Crippen LogP contribution in [0.3, 0.4) is 0 Å². The van der Waals surface area contributed by atoms with Gasteiger partial charge in [-0.3, -0.25) is 0 Å². The van der Waals surface area contributed by atoms with E-state index in [0.29, 0.717) is 0 Å². The van der Waals surface area contributed by atoms with Gasteiger partial charge in [0.1, 0.15) is 0 Å². The van der Waals surface area contributed by atoms with E-state index in [2.05, 4.69) is 27.9 Å². The van der Waals surface area contributed by atoms with Crippen LogP contribution in [0.1, 0.15) is 19.3 Å². The van der Waals surface area contributed by atoms with Crippen molar-refractivity contribution in [2.24, 2.45) is 5.92 Å². The van der Waals surface area contributed by atoms with Crippen LogP contribution in [0.4, 0.5) is 0 Å². The molecular formula is C9H18INO. The third-order valence-corrected chi connectivity index (χ3v) is 2.96. The molecule has 2 nitrogen and oxygen atoms in total. The van der Waals surface area contributed by atoms with E-state index in [1.807, 2.05) is 0 Å². The average molecular weight is 283 g/mol. The molecule has 1 N–H and O–H groups in total. The fraction of sp³-hybridized carbons (Fsp3) is 1.00. The molecule has 0 bridgehead atoms. The van der Waals surface area contributed by atoms with E-state index >= 15 is 0 Å². The minimum Gasteiger partial charge on any atom is -0.381 e. The molecular weight excluding hydrogens is 265 g/mol. The van der Waals surface area contributed by atoms with Crippen molar-refractivity contribution in [2.45, 2.75) is 19.3 Å². The summed E-state index contributed by atoms with van der Waals surface area (Å²) in [5, 5.41) is 3.48. The topological polar surface area (TPSA) is 21.3 Å². The van der Waals surface area contributed by atoms with Crippen LogP contribution < -0.4 is 5.32 Å². The lowest BCUT2D eigenvalue weighted by Crippen LogP contribution is -2.24. The van der Waals surface area contributed by atoms with Crippen LogP contribution in [0.25, 0.3) is 0 Å². The quantitative estimate of drug-likeness (QED) is 0.456. The monoisotopic (exact) mass is 283 g/mol. The van der Waals surface area contributed by atoms with Gasteiger partial charge >= 0.3 is 0 Å². The molecule has 0 amide bonds. The smallest absolute Gasteiger partial charge is 0.0507 e. The van der Waals surface area contributed by atoms with Gasteiger partial charge in [0.25, 0.3) is 0 Å². The van der Waals surface area contributed by atoms with Crippen LogP contribution in [-0.2, 0) is 4.74 Å². The van der Waals surface area contributed by atoms with Gasteiger partial charge < -0.3 is 10.1 Å². The molecule has 0 aliphatic carbocycles. The summed E-state index contributed by atoms with van der Waals surface area (Å²) >= 11 is 2.43. The third-order valence-electron chi connectivity index (χ3n) is 2.19. The second-order valence-corrected chi connectivity index (χ2v) is 4.41. The number of alkyl halides is 1. The van der Waals surface area contributed by atoms with E-state index in [-0.39, 0.29) is 0 Å². The van der Waals surface area contributed by atoms with E-state index in [4.69, 9.17) is 4.74 Å². The van der Waals surface area contributed by atoms with Gasteiger partial charge in [-0.1, -0.05) is 22.6 Å². The molecule has 0 aromatic carbocycles. The Morgan fingerprint density at radius 1 is 1.42 bits per heavy atom. The molecule has 3 heteroatoms. The van der Waals surface area contributed by atoms with Crippen LogP contribution in [0, 0.1) is 5.92 Å². The van der Waals surface area contributed by atoms with E-state index in [0.717, 1.165) is 25.7 Å². The Morgan fingerprint density at radius 2 is 2.33 bits per heavy atom. The molecule has 0 aromatic heterocycles. The summed E-state index contributed by atoms with van der Waals surface area (Å²) in [6, 6.07) is 0. The first-order valence-corrected chi connectivity index (χ1v) is 6.30. The van der Waals surface area contributed by atoms with Gasteiger partial charge in [0.2, 0.25) is 0 Å². The van der Waals surface area contributed by atoms with Crippen molar-refractivity contribution in [3.05, 3.63) is 0 Å². The minimum absolute atomic E-state index is 0.782. The zero-order valence-electron chi connectivity index (χ0n) is 7.52. The zero-order valence-corrected chi connectivity index (χ0v) is 9.68. The largest absolute Gasteiger partial charge is 0.381 e. The Bertz CT molecular complexity index is 105. The lowest BCUT2D eigenvalue weighted by Gasteiger charge is -2.08. The Morgan fingerprint density at radius 3 is 3.00 bits per heavy atom. The predicted molar refractivity (Wildman–Crippen MR) is 59.9 cm³/mol. The van der Waals surface area contributed by atoms with Crippen LogP contribution in [0.15, 0.2) is 0 Å². The highest BCUT2D eigenvalue weighted by Gasteiger charge is 2.14. The first-order chi connectivity index (χ1) is 5.93. The van der Waals surface area contributed by atoms with E-state index < -0.39 is 0 Å². The number of unbranched alkanes of at least 4 members (excludes halogenated alkanes) is 1. The molecule has 1 saturated heterocycles. The lowest BCUT2D eigenvalue weighted by molar-refractivity contribution is 0.185. The molecule has 12 heavy (non-hydrogen) atoms.